The molecule has 23 heavy (non-hydrogen) atoms. The zero-order valence-corrected chi connectivity index (χ0v) is 15.4. The number of amides is 2. The Labute approximate surface area is 141 Å². The van der Waals surface area contributed by atoms with Crippen molar-refractivity contribution in [2.24, 2.45) is 13.0 Å². The number of carbonyl (C=O) groups excluding carboxylic acids is 1. The molecule has 0 aliphatic heterocycles. The van der Waals surface area contributed by atoms with Crippen molar-refractivity contribution in [3.05, 3.63) is 33.5 Å². The molecule has 0 spiro atoms. The molecule has 2 heterocycles. The Balaban J connectivity index is 2.09. The summed E-state index contributed by atoms with van der Waals surface area (Å²) in [5.41, 5.74) is 1.21. The summed E-state index contributed by atoms with van der Waals surface area (Å²) >= 11 is 1.77. The highest BCUT2D eigenvalue weighted by atomic mass is 32.1. The SMILES string of the molecule is Cc1cc([C@H](NC(=O)N(C)Cc2ncnn2C)C(C)C)c(C)s1. The van der Waals surface area contributed by atoms with Crippen molar-refractivity contribution in [2.75, 3.05) is 7.05 Å². The van der Waals surface area contributed by atoms with Crippen molar-refractivity contribution in [1.29, 1.82) is 0 Å². The van der Waals surface area contributed by atoms with Gasteiger partial charge in [-0.05, 0) is 31.4 Å². The molecule has 6 nitrogen and oxygen atoms in total. The molecule has 0 radical (unpaired) electrons. The summed E-state index contributed by atoms with van der Waals surface area (Å²) in [4.78, 5) is 20.9. The highest BCUT2D eigenvalue weighted by molar-refractivity contribution is 7.12. The van der Waals surface area contributed by atoms with E-state index < -0.39 is 0 Å². The normalized spacial score (nSPS) is 12.5. The van der Waals surface area contributed by atoms with E-state index in [1.54, 1.807) is 28.0 Å². The van der Waals surface area contributed by atoms with E-state index in [4.69, 9.17) is 0 Å². The van der Waals surface area contributed by atoms with Gasteiger partial charge in [-0.3, -0.25) is 4.68 Å². The maximum Gasteiger partial charge on any atom is 0.318 e. The van der Waals surface area contributed by atoms with Gasteiger partial charge >= 0.3 is 6.03 Å². The van der Waals surface area contributed by atoms with E-state index in [2.05, 4.69) is 49.2 Å². The topological polar surface area (TPSA) is 63.1 Å². The number of nitrogens with one attached hydrogen (secondary N) is 1. The van der Waals surface area contributed by atoms with E-state index in [0.717, 1.165) is 5.82 Å². The molecule has 2 rings (SSSR count). The van der Waals surface area contributed by atoms with Gasteiger partial charge in [0.15, 0.2) is 0 Å². The first-order chi connectivity index (χ1) is 10.8. The maximum atomic E-state index is 12.5. The molecule has 0 aromatic carbocycles. The molecule has 0 bridgehead atoms. The van der Waals surface area contributed by atoms with Crippen LogP contribution in [0.25, 0.3) is 0 Å². The average molecular weight is 335 g/mol. The Morgan fingerprint density at radius 2 is 2.13 bits per heavy atom. The Hall–Kier alpha value is -1.89. The molecule has 0 unspecified atom stereocenters. The molecule has 1 N–H and O–H groups in total. The lowest BCUT2D eigenvalue weighted by atomic mass is 9.96. The van der Waals surface area contributed by atoms with Gasteiger partial charge in [0, 0.05) is 23.8 Å². The second kappa shape index (κ2) is 7.12. The van der Waals surface area contributed by atoms with E-state index in [1.807, 2.05) is 7.05 Å². The van der Waals surface area contributed by atoms with Crippen LogP contribution in [0.15, 0.2) is 12.4 Å². The first-order valence-electron chi connectivity index (χ1n) is 7.71. The fraction of sp³-hybridized carbons (Fsp3) is 0.562. The van der Waals surface area contributed by atoms with Crippen LogP contribution in [-0.4, -0.2) is 32.7 Å². The third kappa shape index (κ3) is 4.10. The fourth-order valence-corrected chi connectivity index (χ4v) is 3.53. The molecule has 7 heteroatoms. The summed E-state index contributed by atoms with van der Waals surface area (Å²) in [6.45, 7) is 8.88. The number of rotatable bonds is 5. The summed E-state index contributed by atoms with van der Waals surface area (Å²) in [6, 6.07) is 2.08. The molecule has 0 aliphatic carbocycles. The van der Waals surface area contributed by atoms with Gasteiger partial charge in [-0.2, -0.15) is 5.10 Å². The smallest absolute Gasteiger partial charge is 0.318 e. The minimum atomic E-state index is -0.102. The maximum absolute atomic E-state index is 12.5. The molecule has 2 aromatic heterocycles. The van der Waals surface area contributed by atoms with E-state index in [9.17, 15) is 4.79 Å². The van der Waals surface area contributed by atoms with E-state index in [1.165, 1.54) is 21.6 Å². The molecule has 0 saturated heterocycles. The van der Waals surface area contributed by atoms with E-state index in [-0.39, 0.29) is 12.1 Å². The monoisotopic (exact) mass is 335 g/mol. The molecule has 0 aliphatic rings. The predicted molar refractivity (Wildman–Crippen MR) is 92.4 cm³/mol. The van der Waals surface area contributed by atoms with Gasteiger partial charge in [0.1, 0.15) is 12.2 Å². The Bertz CT molecular complexity index is 676. The first kappa shape index (κ1) is 17.5. The molecule has 0 fully saturated rings. The van der Waals surface area contributed by atoms with Crippen molar-refractivity contribution in [1.82, 2.24) is 25.0 Å². The van der Waals surface area contributed by atoms with Crippen LogP contribution in [0, 0.1) is 19.8 Å². The number of hydrogen-bond acceptors (Lipinski definition) is 4. The van der Waals surface area contributed by atoms with Crippen LogP contribution in [-0.2, 0) is 13.6 Å². The van der Waals surface area contributed by atoms with Gasteiger partial charge in [0.05, 0.1) is 12.6 Å². The van der Waals surface area contributed by atoms with E-state index in [0.29, 0.717) is 12.5 Å². The number of hydrogen-bond donors (Lipinski definition) is 1. The van der Waals surface area contributed by atoms with Gasteiger partial charge in [0.25, 0.3) is 0 Å². The number of urea groups is 1. The van der Waals surface area contributed by atoms with Crippen molar-refractivity contribution in [2.45, 2.75) is 40.3 Å². The molecule has 2 amide bonds. The lowest BCUT2D eigenvalue weighted by Gasteiger charge is -2.26. The third-order valence-electron chi connectivity index (χ3n) is 3.89. The second-order valence-corrected chi connectivity index (χ2v) is 7.66. The first-order valence-corrected chi connectivity index (χ1v) is 8.52. The summed E-state index contributed by atoms with van der Waals surface area (Å²) < 4.78 is 1.68. The molecule has 1 atom stereocenters. The second-order valence-electron chi connectivity index (χ2n) is 6.20. The minimum absolute atomic E-state index is 0.00870. The zero-order valence-electron chi connectivity index (χ0n) is 14.6. The Kier molecular flexibility index (Phi) is 5.41. The van der Waals surface area contributed by atoms with Gasteiger partial charge < -0.3 is 10.2 Å². The van der Waals surface area contributed by atoms with Crippen molar-refractivity contribution < 1.29 is 4.79 Å². The summed E-state index contributed by atoms with van der Waals surface area (Å²) in [5, 5.41) is 7.18. The largest absolute Gasteiger partial charge is 0.331 e. The fourth-order valence-electron chi connectivity index (χ4n) is 2.55. The van der Waals surface area contributed by atoms with Crippen LogP contribution in [0.1, 0.15) is 41.0 Å². The molecule has 0 saturated carbocycles. The molecular formula is C16H25N5OS. The summed E-state index contributed by atoms with van der Waals surface area (Å²) in [6.07, 6.45) is 1.50. The van der Waals surface area contributed by atoms with Crippen LogP contribution in [0.4, 0.5) is 4.79 Å². The third-order valence-corrected chi connectivity index (χ3v) is 4.87. The highest BCUT2D eigenvalue weighted by Crippen LogP contribution is 2.30. The van der Waals surface area contributed by atoms with Crippen LogP contribution in [0.2, 0.25) is 0 Å². The van der Waals surface area contributed by atoms with Crippen molar-refractivity contribution in [3.63, 3.8) is 0 Å². The van der Waals surface area contributed by atoms with Crippen LogP contribution in [0.3, 0.4) is 0 Å². The van der Waals surface area contributed by atoms with Crippen LogP contribution in [0.5, 0.6) is 0 Å². The predicted octanol–water partition coefficient (Wildman–Crippen LogP) is 3.03. The quantitative estimate of drug-likeness (QED) is 0.913. The van der Waals surface area contributed by atoms with Crippen molar-refractivity contribution in [3.8, 4) is 0 Å². The number of aromatic nitrogens is 3. The highest BCUT2D eigenvalue weighted by Gasteiger charge is 2.23. The molecular weight excluding hydrogens is 310 g/mol. The van der Waals surface area contributed by atoms with Gasteiger partial charge in [0.2, 0.25) is 0 Å². The lowest BCUT2D eigenvalue weighted by molar-refractivity contribution is 0.197. The van der Waals surface area contributed by atoms with Gasteiger partial charge in [-0.25, -0.2) is 9.78 Å². The average Bonchev–Trinajstić information content (AvgIpc) is 3.01. The Morgan fingerprint density at radius 3 is 2.61 bits per heavy atom. The van der Waals surface area contributed by atoms with Crippen LogP contribution >= 0.6 is 11.3 Å². The summed E-state index contributed by atoms with van der Waals surface area (Å²) in [7, 11) is 3.59. The van der Waals surface area contributed by atoms with Gasteiger partial charge in [-0.15, -0.1) is 11.3 Å². The summed E-state index contributed by atoms with van der Waals surface area (Å²) in [5.74, 6) is 1.07. The molecule has 2 aromatic rings. The minimum Gasteiger partial charge on any atom is -0.331 e. The number of carbonyl (C=O) groups is 1. The molecule has 126 valence electrons. The number of nitrogens with zero attached hydrogens (tertiary/aromatic N) is 4. The number of thiophene rings is 1. The zero-order chi connectivity index (χ0) is 17.1. The number of aryl methyl sites for hydroxylation is 3. The Morgan fingerprint density at radius 1 is 1.43 bits per heavy atom. The van der Waals surface area contributed by atoms with Gasteiger partial charge in [-0.1, -0.05) is 13.8 Å². The lowest BCUT2D eigenvalue weighted by Crippen LogP contribution is -2.41. The van der Waals surface area contributed by atoms with Crippen LogP contribution < -0.4 is 5.32 Å². The standard InChI is InChI=1S/C16H25N5OS/c1-10(2)15(13-7-11(3)23-12(13)4)19-16(22)20(5)8-14-17-9-18-21(14)6/h7,9-10,15H,8H2,1-6H3,(H,19,22)/t15-/m1/s1. The van der Waals surface area contributed by atoms with E-state index >= 15 is 0 Å². The van der Waals surface area contributed by atoms with Crippen molar-refractivity contribution >= 4 is 17.4 Å².